The number of benzene rings is 16. The maximum atomic E-state index is 13.7. The van der Waals surface area contributed by atoms with Crippen molar-refractivity contribution >= 4 is 177 Å². The molecule has 0 N–H and O–H groups in total. The molecule has 8 heteroatoms. The molecule has 22 aromatic rings. The van der Waals surface area contributed by atoms with E-state index in [0.717, 1.165) is 166 Å². The third-order valence-corrected chi connectivity index (χ3v) is 24.0. The van der Waals surface area contributed by atoms with Crippen LogP contribution in [0.2, 0.25) is 0 Å². The lowest BCUT2D eigenvalue weighted by Gasteiger charge is -2.27. The van der Waals surface area contributed by atoms with Crippen LogP contribution < -0.4 is 0 Å². The van der Waals surface area contributed by atoms with Gasteiger partial charge in [-0.3, -0.25) is 0 Å². The second kappa shape index (κ2) is 21.6. The molecule has 22 rings (SSSR count). The van der Waals surface area contributed by atoms with Crippen LogP contribution in [0.1, 0.15) is 5.56 Å². The molecule has 0 atom stereocenters. The van der Waals surface area contributed by atoms with Crippen LogP contribution in [0.5, 0.6) is 0 Å². The highest BCUT2D eigenvalue weighted by molar-refractivity contribution is 7.27. The summed E-state index contributed by atoms with van der Waals surface area (Å²) in [5.41, 5.74) is 17.0. The van der Waals surface area contributed by atoms with Crippen molar-refractivity contribution in [1.29, 1.82) is 5.26 Å². The maximum Gasteiger partial charge on any atom is 0.238 e. The van der Waals surface area contributed by atoms with Crippen molar-refractivity contribution < 1.29 is 0 Å². The number of hydrogen-bond acceptors (Lipinski definition) is 3. The average molecular weight is 1330 g/mol. The monoisotopic (exact) mass is 1330 g/mol. The third kappa shape index (κ3) is 7.79. The lowest BCUT2D eigenvalue weighted by Crippen LogP contribution is -2.14. The van der Waals surface area contributed by atoms with Gasteiger partial charge in [0.25, 0.3) is 0 Å². The fourth-order valence-corrected chi connectivity index (χ4v) is 19.8. The van der Waals surface area contributed by atoms with Gasteiger partial charge in [-0.15, -0.1) is 22.7 Å². The van der Waals surface area contributed by atoms with Gasteiger partial charge in [0.1, 0.15) is 11.6 Å². The van der Waals surface area contributed by atoms with E-state index < -0.39 is 0 Å². The van der Waals surface area contributed by atoms with Crippen LogP contribution in [0.3, 0.4) is 0 Å². The molecule has 470 valence electrons. The summed E-state index contributed by atoms with van der Waals surface area (Å²) in [6, 6.07) is 117. The zero-order valence-corrected chi connectivity index (χ0v) is 56.2. The zero-order chi connectivity index (χ0) is 67.0. The molecule has 0 fully saturated rings. The molecule has 0 spiro atoms. The van der Waals surface area contributed by atoms with E-state index in [1.54, 1.807) is 22.7 Å². The number of nitriles is 1. The zero-order valence-electron chi connectivity index (χ0n) is 54.5. The number of fused-ring (bicyclic) bond motifs is 23. The summed E-state index contributed by atoms with van der Waals surface area (Å²) in [6.07, 6.45) is 0. The van der Waals surface area contributed by atoms with Crippen molar-refractivity contribution in [2.24, 2.45) is 0 Å². The van der Waals surface area contributed by atoms with Crippen LogP contribution >= 0.6 is 22.7 Å². The summed E-state index contributed by atoms with van der Waals surface area (Å²) >= 11 is 3.57. The molecule has 16 aromatic carbocycles. The molecule has 0 radical (unpaired) electrons. The van der Waals surface area contributed by atoms with Gasteiger partial charge in [0, 0.05) is 74.0 Å². The molecule has 0 aliphatic carbocycles. The van der Waals surface area contributed by atoms with Crippen molar-refractivity contribution in [2.45, 2.75) is 0 Å². The van der Waals surface area contributed by atoms with Gasteiger partial charge < -0.3 is 18.3 Å². The van der Waals surface area contributed by atoms with Crippen LogP contribution in [0.25, 0.3) is 210 Å². The van der Waals surface area contributed by atoms with Crippen LogP contribution in [-0.4, -0.2) is 18.3 Å². The van der Waals surface area contributed by atoms with E-state index in [9.17, 15) is 11.8 Å². The smallest absolute Gasteiger partial charge is 0.238 e. The number of nitrogens with zero attached hydrogens (tertiary/aromatic N) is 6. The highest BCUT2D eigenvalue weighted by atomic mass is 32.1. The second-order valence-electron chi connectivity index (χ2n) is 26.7. The Kier molecular flexibility index (Phi) is 12.0. The van der Waals surface area contributed by atoms with E-state index >= 15 is 0 Å². The molecular weight excluding hydrogens is 1280 g/mol. The summed E-state index contributed by atoms with van der Waals surface area (Å²) in [5.74, 6) is 0. The molecule has 0 aliphatic rings. The Morgan fingerprint density at radius 1 is 0.284 bits per heavy atom. The molecule has 0 amide bonds. The molecule has 0 saturated carbocycles. The Morgan fingerprint density at radius 2 is 0.667 bits per heavy atom. The van der Waals surface area contributed by atoms with Gasteiger partial charge in [0.2, 0.25) is 5.69 Å². The number of thiophene rings is 2. The largest absolute Gasteiger partial charge is 0.317 e. The minimum Gasteiger partial charge on any atom is -0.317 e. The Balaban J connectivity index is 1.01. The highest BCUT2D eigenvalue weighted by Gasteiger charge is 2.36. The Bertz CT molecular complexity index is 7430. The van der Waals surface area contributed by atoms with Crippen LogP contribution in [0.4, 0.5) is 5.69 Å². The fourth-order valence-electron chi connectivity index (χ4n) is 17.3. The first-order valence-electron chi connectivity index (χ1n) is 34.4. The van der Waals surface area contributed by atoms with E-state index in [-0.39, 0.29) is 0 Å². The summed E-state index contributed by atoms with van der Waals surface area (Å²) in [6.45, 7) is 10.6. The number of para-hydroxylation sites is 4. The fraction of sp³-hybridized carbons (Fsp3) is 0. The Labute approximate surface area is 591 Å². The second-order valence-corrected chi connectivity index (χ2v) is 28.8. The minimum atomic E-state index is 0.384. The van der Waals surface area contributed by atoms with Crippen molar-refractivity contribution in [1.82, 2.24) is 18.3 Å². The van der Waals surface area contributed by atoms with Crippen molar-refractivity contribution in [3.8, 4) is 62.2 Å². The first-order valence-corrected chi connectivity index (χ1v) is 36.0. The summed E-state index contributed by atoms with van der Waals surface area (Å²) < 4.78 is 14.0. The van der Waals surface area contributed by atoms with Crippen molar-refractivity contribution in [3.05, 3.63) is 332 Å². The summed E-state index contributed by atoms with van der Waals surface area (Å²) in [5, 5.41) is 31.2. The molecule has 6 aromatic heterocycles. The van der Waals surface area contributed by atoms with Gasteiger partial charge in [-0.2, -0.15) is 5.26 Å². The van der Waals surface area contributed by atoms with Crippen LogP contribution in [0.15, 0.2) is 315 Å². The number of rotatable bonds is 7. The van der Waals surface area contributed by atoms with Crippen molar-refractivity contribution in [2.75, 3.05) is 0 Å². The van der Waals surface area contributed by atoms with Gasteiger partial charge in [0.05, 0.1) is 82.9 Å². The lowest BCUT2D eigenvalue weighted by atomic mass is 9.93. The lowest BCUT2D eigenvalue weighted by molar-refractivity contribution is 1.04. The van der Waals surface area contributed by atoms with Gasteiger partial charge in [0.15, 0.2) is 0 Å². The first kappa shape index (κ1) is 56.7. The number of aromatic nitrogens is 4. The molecule has 6 nitrogen and oxygen atoms in total. The summed E-state index contributed by atoms with van der Waals surface area (Å²) in [7, 11) is 0. The van der Waals surface area contributed by atoms with Crippen molar-refractivity contribution in [3.63, 3.8) is 0 Å². The van der Waals surface area contributed by atoms with Gasteiger partial charge in [-0.1, -0.05) is 267 Å². The van der Waals surface area contributed by atoms with Gasteiger partial charge in [-0.05, 0) is 103 Å². The number of hydrogen-bond donors (Lipinski definition) is 0. The van der Waals surface area contributed by atoms with E-state index in [4.69, 9.17) is 4.85 Å². The predicted molar refractivity (Wildman–Crippen MR) is 432 cm³/mol. The maximum absolute atomic E-state index is 13.7. The Hall–Kier alpha value is -13.3. The topological polar surface area (TPSA) is 47.9 Å². The molecule has 102 heavy (non-hydrogen) atoms. The van der Waals surface area contributed by atoms with Crippen LogP contribution in [0, 0.1) is 17.9 Å². The molecule has 0 saturated heterocycles. The highest BCUT2D eigenvalue weighted by Crippen LogP contribution is 2.55. The molecule has 0 unspecified atom stereocenters. The van der Waals surface area contributed by atoms with E-state index in [1.165, 1.54) is 16.2 Å². The quantitative estimate of drug-likeness (QED) is 0.116. The third-order valence-electron chi connectivity index (χ3n) is 21.6. The van der Waals surface area contributed by atoms with Gasteiger partial charge in [-0.25, -0.2) is 4.85 Å². The molecule has 6 heterocycles. The SMILES string of the molecule is [C-]#[N+]c1c(-n2c3ccccc3c3ccccc32)c(-n2c3cc(-c4cccc5ccc6ccccc6c45)ccc3c3ccc4c5ccccc5sc4c32)c(C#N)c(-n2c3ccccc3c3ccccc32)c1-n1c2cc(-c3ccccc3-c3ccccc3)ccc2c2ccc3c4ccccc4sc3c21. The average Bonchev–Trinajstić information content (AvgIpc) is 1.49. The predicted octanol–water partition coefficient (Wildman–Crippen LogP) is 26.5. The minimum absolute atomic E-state index is 0.384. The van der Waals surface area contributed by atoms with E-state index in [2.05, 4.69) is 340 Å². The van der Waals surface area contributed by atoms with E-state index in [0.29, 0.717) is 34.0 Å². The Morgan fingerprint density at radius 3 is 1.22 bits per heavy atom. The molecule has 0 aliphatic heterocycles. The molecule has 0 bridgehead atoms. The first-order chi connectivity index (χ1) is 50.6. The molecular formula is C94H52N6S2. The van der Waals surface area contributed by atoms with Gasteiger partial charge >= 0.3 is 0 Å². The van der Waals surface area contributed by atoms with E-state index in [1.807, 2.05) is 0 Å². The summed E-state index contributed by atoms with van der Waals surface area (Å²) in [4.78, 5) is 5.21. The van der Waals surface area contributed by atoms with Crippen LogP contribution in [-0.2, 0) is 0 Å². The standard InChI is InChI=1S/C94H52N6S2/c1-96-86-91(98-79-38-17-11-31-66(79)67-32-12-18-39-80(67)98)88(99-81-53-59(63-35-21-25-57-43-42-56-24-5-6-28-62(56)85(57)63)45-47-68(81)72-48-50-74-70-33-13-19-40-83(70)101-93(74)89(72)99)76(54-95)87(97-77-36-15-9-29-64(77)65-30-10-16-37-78(65)97)92(86)100-82-52-58(61-27-8-7-26-60(61)55-22-3-2-4-23-55)44-46-69(82)73-49-51-75-71-34-14-20-41-84(71)102-94(75)90(73)100/h2-53H. The normalized spacial score (nSPS) is 12.1.